The lowest BCUT2D eigenvalue weighted by Gasteiger charge is -2.09. The first-order valence-electron chi connectivity index (χ1n) is 6.52. The molecule has 4 nitrogen and oxygen atoms in total. The molecule has 5 heteroatoms. The van der Waals surface area contributed by atoms with Crippen molar-refractivity contribution < 1.29 is 12.8 Å². The van der Waals surface area contributed by atoms with Crippen LogP contribution in [0.2, 0.25) is 0 Å². The summed E-state index contributed by atoms with van der Waals surface area (Å²) >= 11 is 0. The summed E-state index contributed by atoms with van der Waals surface area (Å²) in [7, 11) is -3.20. The molecule has 1 aromatic heterocycles. The average Bonchev–Trinajstić information content (AvgIpc) is 2.84. The van der Waals surface area contributed by atoms with E-state index in [1.807, 2.05) is 25.1 Å². The van der Waals surface area contributed by atoms with Gasteiger partial charge in [-0.05, 0) is 36.8 Å². The fraction of sp³-hybridized carbons (Fsp3) is 0.333. The van der Waals surface area contributed by atoms with E-state index >= 15 is 0 Å². The van der Waals surface area contributed by atoms with Gasteiger partial charge in [-0.3, -0.25) is 0 Å². The van der Waals surface area contributed by atoms with E-state index in [2.05, 4.69) is 5.32 Å². The van der Waals surface area contributed by atoms with Crippen molar-refractivity contribution in [3.05, 3.63) is 47.4 Å². The summed E-state index contributed by atoms with van der Waals surface area (Å²) in [5.74, 6) is 1.78. The van der Waals surface area contributed by atoms with E-state index in [1.165, 1.54) is 6.26 Å². The Bertz CT molecular complexity index is 702. The zero-order valence-corrected chi connectivity index (χ0v) is 12.8. The van der Waals surface area contributed by atoms with Crippen LogP contribution in [0, 0.1) is 6.92 Å². The van der Waals surface area contributed by atoms with Crippen molar-refractivity contribution in [2.24, 2.45) is 0 Å². The number of nitrogens with one attached hydrogen (secondary N) is 1. The molecule has 0 bridgehead atoms. The zero-order valence-electron chi connectivity index (χ0n) is 11.9. The second kappa shape index (κ2) is 5.71. The maximum atomic E-state index is 11.7. The van der Waals surface area contributed by atoms with Crippen molar-refractivity contribution in [2.45, 2.75) is 31.7 Å². The van der Waals surface area contributed by atoms with Gasteiger partial charge in [0.2, 0.25) is 0 Å². The molecule has 0 aliphatic heterocycles. The number of hydrogen-bond acceptors (Lipinski definition) is 4. The van der Waals surface area contributed by atoms with Gasteiger partial charge in [-0.25, -0.2) is 8.42 Å². The van der Waals surface area contributed by atoms with Crippen molar-refractivity contribution in [1.29, 1.82) is 0 Å². The van der Waals surface area contributed by atoms with Crippen LogP contribution in [0.1, 0.15) is 24.0 Å². The molecular formula is C15H19NO3S. The van der Waals surface area contributed by atoms with Gasteiger partial charge in [0, 0.05) is 18.4 Å². The number of anilines is 1. The highest BCUT2D eigenvalue weighted by molar-refractivity contribution is 7.90. The third-order valence-electron chi connectivity index (χ3n) is 3.12. The normalized spacial score (nSPS) is 11.6. The number of sulfone groups is 1. The van der Waals surface area contributed by atoms with Gasteiger partial charge in [0.25, 0.3) is 0 Å². The van der Waals surface area contributed by atoms with Crippen LogP contribution in [0.5, 0.6) is 0 Å². The lowest BCUT2D eigenvalue weighted by molar-refractivity contribution is 0.476. The summed E-state index contributed by atoms with van der Waals surface area (Å²) in [6.45, 7) is 4.36. The van der Waals surface area contributed by atoms with E-state index in [0.717, 1.165) is 29.2 Å². The van der Waals surface area contributed by atoms with Crippen molar-refractivity contribution in [3.63, 3.8) is 0 Å². The predicted molar refractivity (Wildman–Crippen MR) is 79.7 cm³/mol. The topological polar surface area (TPSA) is 59.3 Å². The molecule has 1 aromatic carbocycles. The van der Waals surface area contributed by atoms with Crippen LogP contribution >= 0.6 is 0 Å². The fourth-order valence-electron chi connectivity index (χ4n) is 2.01. The van der Waals surface area contributed by atoms with E-state index in [0.29, 0.717) is 11.4 Å². The Morgan fingerprint density at radius 3 is 2.45 bits per heavy atom. The van der Waals surface area contributed by atoms with Crippen molar-refractivity contribution in [1.82, 2.24) is 0 Å². The van der Waals surface area contributed by atoms with Crippen molar-refractivity contribution in [3.8, 4) is 0 Å². The highest BCUT2D eigenvalue weighted by Gasteiger charge is 2.11. The highest BCUT2D eigenvalue weighted by Crippen LogP contribution is 2.21. The first-order valence-corrected chi connectivity index (χ1v) is 8.41. The average molecular weight is 293 g/mol. The third kappa shape index (κ3) is 3.42. The Hall–Kier alpha value is -1.75. The number of furan rings is 1. The lowest BCUT2D eigenvalue weighted by atomic mass is 10.2. The molecule has 0 spiro atoms. The fourth-order valence-corrected chi connectivity index (χ4v) is 3.00. The second-order valence-electron chi connectivity index (χ2n) is 4.83. The summed E-state index contributed by atoms with van der Waals surface area (Å²) in [5, 5.41) is 3.18. The van der Waals surface area contributed by atoms with E-state index in [4.69, 9.17) is 4.42 Å². The summed E-state index contributed by atoms with van der Waals surface area (Å²) in [6, 6.07) is 9.21. The third-order valence-corrected chi connectivity index (χ3v) is 4.36. The van der Waals surface area contributed by atoms with Crippen LogP contribution in [-0.4, -0.2) is 14.7 Å². The smallest absolute Gasteiger partial charge is 0.175 e. The number of hydrogen-bond donors (Lipinski definition) is 1. The Morgan fingerprint density at radius 2 is 1.85 bits per heavy atom. The molecule has 20 heavy (non-hydrogen) atoms. The van der Waals surface area contributed by atoms with Gasteiger partial charge in [0.05, 0.1) is 11.4 Å². The molecular weight excluding hydrogens is 274 g/mol. The van der Waals surface area contributed by atoms with Gasteiger partial charge in [-0.1, -0.05) is 13.0 Å². The standard InChI is InChI=1S/C15H19NO3S/c1-4-13-7-8-14(19-13)10-16-12-6-5-11(2)15(9-12)20(3,17)18/h5-9,16H,4,10H2,1-3H3. The molecule has 2 rings (SSSR count). The Kier molecular flexibility index (Phi) is 4.18. The van der Waals surface area contributed by atoms with E-state index in [-0.39, 0.29) is 0 Å². The highest BCUT2D eigenvalue weighted by atomic mass is 32.2. The summed E-state index contributed by atoms with van der Waals surface area (Å²) in [6.07, 6.45) is 2.09. The molecule has 0 aliphatic carbocycles. The van der Waals surface area contributed by atoms with Gasteiger partial charge in [-0.15, -0.1) is 0 Å². The number of rotatable bonds is 5. The monoisotopic (exact) mass is 293 g/mol. The molecule has 1 heterocycles. The van der Waals surface area contributed by atoms with Crippen molar-refractivity contribution in [2.75, 3.05) is 11.6 Å². The second-order valence-corrected chi connectivity index (χ2v) is 6.81. The molecule has 0 atom stereocenters. The SMILES string of the molecule is CCc1ccc(CNc2ccc(C)c(S(C)(=O)=O)c2)o1. The van der Waals surface area contributed by atoms with E-state index in [1.54, 1.807) is 19.1 Å². The van der Waals surface area contributed by atoms with Crippen LogP contribution in [0.4, 0.5) is 5.69 Å². The summed E-state index contributed by atoms with van der Waals surface area (Å²) in [5.41, 5.74) is 1.52. The maximum Gasteiger partial charge on any atom is 0.175 e. The Labute approximate surface area is 119 Å². The van der Waals surface area contributed by atoms with E-state index < -0.39 is 9.84 Å². The Balaban J connectivity index is 2.14. The molecule has 0 fully saturated rings. The molecule has 0 amide bonds. The molecule has 108 valence electrons. The van der Waals surface area contributed by atoms with Crippen LogP contribution in [-0.2, 0) is 22.8 Å². The lowest BCUT2D eigenvalue weighted by Crippen LogP contribution is -2.03. The van der Waals surface area contributed by atoms with Gasteiger partial charge in [-0.2, -0.15) is 0 Å². The molecule has 0 saturated heterocycles. The molecule has 2 aromatic rings. The van der Waals surface area contributed by atoms with Gasteiger partial charge in [0.15, 0.2) is 9.84 Å². The zero-order chi connectivity index (χ0) is 14.8. The predicted octanol–water partition coefficient (Wildman–Crippen LogP) is 3.17. The quantitative estimate of drug-likeness (QED) is 0.920. The number of benzene rings is 1. The van der Waals surface area contributed by atoms with Crippen LogP contribution < -0.4 is 5.32 Å². The molecule has 0 aliphatic rings. The Morgan fingerprint density at radius 1 is 1.15 bits per heavy atom. The van der Waals surface area contributed by atoms with Gasteiger partial charge >= 0.3 is 0 Å². The van der Waals surface area contributed by atoms with Gasteiger partial charge in [0.1, 0.15) is 11.5 Å². The molecule has 0 saturated carbocycles. The minimum atomic E-state index is -3.20. The van der Waals surface area contributed by atoms with Crippen LogP contribution in [0.25, 0.3) is 0 Å². The minimum absolute atomic E-state index is 0.358. The van der Waals surface area contributed by atoms with E-state index in [9.17, 15) is 8.42 Å². The minimum Gasteiger partial charge on any atom is -0.464 e. The maximum absolute atomic E-state index is 11.7. The summed E-state index contributed by atoms with van der Waals surface area (Å²) < 4.78 is 28.9. The largest absolute Gasteiger partial charge is 0.464 e. The van der Waals surface area contributed by atoms with Gasteiger partial charge < -0.3 is 9.73 Å². The first kappa shape index (κ1) is 14.7. The first-order chi connectivity index (χ1) is 9.40. The number of aryl methyl sites for hydroxylation is 2. The van der Waals surface area contributed by atoms with Crippen LogP contribution in [0.3, 0.4) is 0 Å². The molecule has 0 radical (unpaired) electrons. The van der Waals surface area contributed by atoms with Crippen molar-refractivity contribution >= 4 is 15.5 Å². The van der Waals surface area contributed by atoms with Crippen LogP contribution in [0.15, 0.2) is 39.6 Å². The molecule has 0 unspecified atom stereocenters. The molecule has 1 N–H and O–H groups in total. The summed E-state index contributed by atoms with van der Waals surface area (Å²) in [4.78, 5) is 0.358.